The van der Waals surface area contributed by atoms with Crippen molar-refractivity contribution in [2.75, 3.05) is 6.61 Å². The van der Waals surface area contributed by atoms with Crippen LogP contribution in [0.5, 0.6) is 0 Å². The smallest absolute Gasteiger partial charge is 0.390 e. The van der Waals surface area contributed by atoms with Gasteiger partial charge in [-0.15, -0.1) is 0 Å². The van der Waals surface area contributed by atoms with Crippen molar-refractivity contribution in [1.82, 2.24) is 19.5 Å². The first-order chi connectivity index (χ1) is 12.5. The molecule has 2 aromatic heterocycles. The predicted octanol–water partition coefficient (Wildman–Crippen LogP) is -1.71. The Morgan fingerprint density at radius 2 is 2.00 bits per heavy atom. The molecular formula is C10H14N4O11P2. The Balaban J connectivity index is 1.74. The van der Waals surface area contributed by atoms with Crippen molar-refractivity contribution in [3.63, 3.8) is 0 Å². The highest BCUT2D eigenvalue weighted by atomic mass is 31.3. The molecule has 3 heterocycles. The summed E-state index contributed by atoms with van der Waals surface area (Å²) in [6.45, 7) is -0.727. The lowest BCUT2D eigenvalue weighted by Crippen LogP contribution is -2.26. The molecule has 1 aliphatic rings. The zero-order valence-electron chi connectivity index (χ0n) is 13.2. The van der Waals surface area contributed by atoms with E-state index in [9.17, 15) is 28.7 Å². The minimum atomic E-state index is -5.27. The first-order valence-corrected chi connectivity index (χ1v) is 10.2. The van der Waals surface area contributed by atoms with Crippen LogP contribution in [0.3, 0.4) is 0 Å². The maximum absolute atomic E-state index is 11.7. The molecule has 2 aromatic rings. The first kappa shape index (κ1) is 20.1. The molecule has 0 amide bonds. The third-order valence-corrected chi connectivity index (χ3v) is 5.75. The largest absolute Gasteiger partial charge is 0.481 e. The minimum Gasteiger partial charge on any atom is -0.390 e. The number of aromatic nitrogens is 4. The van der Waals surface area contributed by atoms with Gasteiger partial charge in [0.25, 0.3) is 5.56 Å². The normalized spacial score (nSPS) is 25.7. The maximum atomic E-state index is 11.7. The fraction of sp³-hybridized carbons (Fsp3) is 0.500. The Kier molecular flexibility index (Phi) is 5.24. The second-order valence-corrected chi connectivity index (χ2v) is 8.36. The number of aliphatic hydroxyl groups is 1. The summed E-state index contributed by atoms with van der Waals surface area (Å²) in [4.78, 5) is 57.6. The number of H-pyrrole nitrogens is 2. The van der Waals surface area contributed by atoms with Crippen LogP contribution >= 0.6 is 15.6 Å². The molecule has 0 aromatic carbocycles. The standard InChI is InChI=1S/C10H14N4O11P2/c15-4-1-6(14-3-11-7-8(14)12-10(17)13-9(7)16)24-5(4)2-23-27(21,22)25-26(18,19)20/h3-6,15H,1-2H2,(H,21,22)(H2,18,19,20)(H2,12,13,16,17)/t4-,5+,6+/m0/s1. The van der Waals surface area contributed by atoms with Crippen molar-refractivity contribution >= 4 is 26.8 Å². The minimum absolute atomic E-state index is 0.0418. The van der Waals surface area contributed by atoms with E-state index in [-0.39, 0.29) is 17.6 Å². The van der Waals surface area contributed by atoms with Crippen LogP contribution in [0, 0.1) is 0 Å². The molecule has 0 bridgehead atoms. The number of imidazole rings is 1. The van der Waals surface area contributed by atoms with Crippen LogP contribution in [0.2, 0.25) is 0 Å². The van der Waals surface area contributed by atoms with Crippen molar-refractivity contribution < 1.29 is 42.5 Å². The van der Waals surface area contributed by atoms with Crippen molar-refractivity contribution in [2.45, 2.75) is 24.9 Å². The van der Waals surface area contributed by atoms with Gasteiger partial charge in [0.05, 0.1) is 19.0 Å². The fourth-order valence-electron chi connectivity index (χ4n) is 2.53. The van der Waals surface area contributed by atoms with Crippen molar-refractivity contribution in [3.05, 3.63) is 27.2 Å². The number of nitrogens with zero attached hydrogens (tertiary/aromatic N) is 2. The molecule has 27 heavy (non-hydrogen) atoms. The summed E-state index contributed by atoms with van der Waals surface area (Å²) in [5.41, 5.74) is -1.52. The Bertz CT molecular complexity index is 1050. The summed E-state index contributed by atoms with van der Waals surface area (Å²) in [7, 11) is -10.4. The highest BCUT2D eigenvalue weighted by Crippen LogP contribution is 2.57. The highest BCUT2D eigenvalue weighted by molar-refractivity contribution is 7.60. The second-order valence-electron chi connectivity index (χ2n) is 5.53. The van der Waals surface area contributed by atoms with Gasteiger partial charge in [0.2, 0.25) is 0 Å². The molecule has 4 atom stereocenters. The molecule has 150 valence electrons. The monoisotopic (exact) mass is 428 g/mol. The summed E-state index contributed by atoms with van der Waals surface area (Å²) in [5, 5.41) is 10.0. The van der Waals surface area contributed by atoms with Gasteiger partial charge in [-0.3, -0.25) is 23.9 Å². The quantitative estimate of drug-likeness (QED) is 0.283. The lowest BCUT2D eigenvalue weighted by atomic mass is 10.2. The van der Waals surface area contributed by atoms with E-state index in [0.717, 1.165) is 0 Å². The van der Waals surface area contributed by atoms with E-state index >= 15 is 0 Å². The van der Waals surface area contributed by atoms with Gasteiger partial charge in [-0.1, -0.05) is 0 Å². The number of phosphoric ester groups is 1. The van der Waals surface area contributed by atoms with Crippen LogP contribution in [0.25, 0.3) is 11.2 Å². The van der Waals surface area contributed by atoms with Crippen LogP contribution in [0.1, 0.15) is 12.6 Å². The van der Waals surface area contributed by atoms with Gasteiger partial charge in [-0.05, 0) is 0 Å². The average Bonchev–Trinajstić information content (AvgIpc) is 3.06. The molecule has 1 saturated heterocycles. The third-order valence-electron chi connectivity index (χ3n) is 3.59. The molecule has 0 aliphatic carbocycles. The summed E-state index contributed by atoms with van der Waals surface area (Å²) in [5.74, 6) is 0. The van der Waals surface area contributed by atoms with Crippen LogP contribution in [0.15, 0.2) is 15.9 Å². The Hall–Kier alpha value is -1.67. The van der Waals surface area contributed by atoms with Gasteiger partial charge in [0.1, 0.15) is 18.0 Å². The Labute approximate surface area is 148 Å². The van der Waals surface area contributed by atoms with Gasteiger partial charge >= 0.3 is 21.3 Å². The van der Waals surface area contributed by atoms with E-state index in [1.165, 1.54) is 10.9 Å². The van der Waals surface area contributed by atoms with Crippen LogP contribution in [0.4, 0.5) is 0 Å². The predicted molar refractivity (Wildman–Crippen MR) is 84.4 cm³/mol. The molecule has 3 rings (SSSR count). The lowest BCUT2D eigenvalue weighted by molar-refractivity contribution is -0.0423. The van der Waals surface area contributed by atoms with Gasteiger partial charge in [-0.25, -0.2) is 18.9 Å². The summed E-state index contributed by atoms with van der Waals surface area (Å²) >= 11 is 0. The van der Waals surface area contributed by atoms with Crippen LogP contribution in [-0.4, -0.2) is 58.1 Å². The average molecular weight is 428 g/mol. The molecule has 1 fully saturated rings. The number of nitrogens with one attached hydrogen (secondary N) is 2. The number of rotatable bonds is 6. The van der Waals surface area contributed by atoms with E-state index in [4.69, 9.17) is 14.5 Å². The van der Waals surface area contributed by atoms with Crippen molar-refractivity contribution in [2.24, 2.45) is 0 Å². The maximum Gasteiger partial charge on any atom is 0.481 e. The number of phosphoric acid groups is 2. The van der Waals surface area contributed by atoms with Crippen molar-refractivity contribution in [1.29, 1.82) is 0 Å². The van der Waals surface area contributed by atoms with E-state index in [0.29, 0.717) is 0 Å². The summed E-state index contributed by atoms with van der Waals surface area (Å²) in [6.07, 6.45) is -2.12. The highest BCUT2D eigenvalue weighted by Gasteiger charge is 2.39. The molecule has 0 radical (unpaired) electrons. The van der Waals surface area contributed by atoms with Gasteiger partial charge < -0.3 is 24.5 Å². The molecule has 1 unspecified atom stereocenters. The number of fused-ring (bicyclic) bond motifs is 1. The summed E-state index contributed by atoms with van der Waals surface area (Å²) < 4.78 is 36.8. The zero-order chi connectivity index (χ0) is 20.0. The number of aliphatic hydroxyl groups excluding tert-OH is 1. The molecule has 0 spiro atoms. The number of hydrogen-bond acceptors (Lipinski definition) is 9. The fourth-order valence-corrected chi connectivity index (χ4v) is 4.13. The lowest BCUT2D eigenvalue weighted by Gasteiger charge is -2.18. The topological polar surface area (TPSA) is 226 Å². The van der Waals surface area contributed by atoms with Crippen LogP contribution < -0.4 is 11.2 Å². The molecule has 6 N–H and O–H groups in total. The zero-order valence-corrected chi connectivity index (χ0v) is 14.9. The Morgan fingerprint density at radius 3 is 2.67 bits per heavy atom. The molecule has 1 aliphatic heterocycles. The van der Waals surface area contributed by atoms with E-state index < -0.39 is 51.9 Å². The van der Waals surface area contributed by atoms with Crippen molar-refractivity contribution in [3.8, 4) is 0 Å². The molecule has 0 saturated carbocycles. The van der Waals surface area contributed by atoms with Gasteiger partial charge in [-0.2, -0.15) is 4.31 Å². The Morgan fingerprint density at radius 1 is 1.30 bits per heavy atom. The van der Waals surface area contributed by atoms with Gasteiger partial charge in [0.15, 0.2) is 5.52 Å². The van der Waals surface area contributed by atoms with E-state index in [1.807, 2.05) is 4.98 Å². The third kappa shape index (κ3) is 4.60. The van der Waals surface area contributed by atoms with Gasteiger partial charge in [0, 0.05) is 6.42 Å². The molecule has 17 heteroatoms. The first-order valence-electron chi connectivity index (χ1n) is 7.22. The second kappa shape index (κ2) is 7.05. The van der Waals surface area contributed by atoms with E-state index in [1.54, 1.807) is 0 Å². The van der Waals surface area contributed by atoms with E-state index in [2.05, 4.69) is 18.8 Å². The number of ether oxygens (including phenoxy) is 1. The van der Waals surface area contributed by atoms with Crippen LogP contribution in [-0.2, 0) is 22.7 Å². The number of aromatic amines is 2. The SMILES string of the molecule is O=c1[nH]c(=O)c2ncn([C@H]3C[C@H](O)[C@@H](COP(=O)(O)OP(=O)(O)O)O3)c2[nH]1. The molecular weight excluding hydrogens is 414 g/mol. The summed E-state index contributed by atoms with van der Waals surface area (Å²) in [6, 6.07) is 0. The molecule has 15 nitrogen and oxygen atoms in total. The number of hydrogen-bond donors (Lipinski definition) is 6.